The Balaban J connectivity index is 2.22. The first-order valence-electron chi connectivity index (χ1n) is 5.21. The summed E-state index contributed by atoms with van der Waals surface area (Å²) in [7, 11) is 0. The van der Waals surface area contributed by atoms with Crippen molar-refractivity contribution >= 4 is 5.65 Å². The van der Waals surface area contributed by atoms with Crippen LogP contribution >= 0.6 is 0 Å². The summed E-state index contributed by atoms with van der Waals surface area (Å²) in [6.07, 6.45) is 1.98. The molecule has 0 amide bonds. The Labute approximate surface area is 93.4 Å². The molecular weight excluding hydrogens is 198 g/mol. The monoisotopic (exact) mass is 209 g/mol. The minimum absolute atomic E-state index is 0.873. The average Bonchev–Trinajstić information content (AvgIpc) is 2.74. The van der Waals surface area contributed by atoms with Gasteiger partial charge >= 0.3 is 0 Å². The zero-order valence-corrected chi connectivity index (χ0v) is 8.96. The van der Waals surface area contributed by atoms with E-state index in [1.807, 2.05) is 28.8 Å². The third kappa shape index (κ3) is 1.37. The SMILES string of the molecule is Cc1ccc(-c2nnc3ccccn23)cc1. The zero-order chi connectivity index (χ0) is 11.0. The van der Waals surface area contributed by atoms with Crippen molar-refractivity contribution in [3.8, 4) is 11.4 Å². The van der Waals surface area contributed by atoms with Crippen LogP contribution in [0.3, 0.4) is 0 Å². The maximum Gasteiger partial charge on any atom is 0.168 e. The fourth-order valence-electron chi connectivity index (χ4n) is 1.74. The van der Waals surface area contributed by atoms with Gasteiger partial charge in [0.05, 0.1) is 0 Å². The average molecular weight is 209 g/mol. The molecule has 3 aromatic rings. The van der Waals surface area contributed by atoms with E-state index >= 15 is 0 Å². The normalized spacial score (nSPS) is 10.8. The van der Waals surface area contributed by atoms with Gasteiger partial charge in [-0.15, -0.1) is 10.2 Å². The predicted molar refractivity (Wildman–Crippen MR) is 63.2 cm³/mol. The van der Waals surface area contributed by atoms with Crippen molar-refractivity contribution < 1.29 is 0 Å². The molecule has 0 spiro atoms. The van der Waals surface area contributed by atoms with Gasteiger partial charge in [0, 0.05) is 11.8 Å². The van der Waals surface area contributed by atoms with E-state index in [9.17, 15) is 0 Å². The number of hydrogen-bond donors (Lipinski definition) is 0. The van der Waals surface area contributed by atoms with E-state index in [2.05, 4.69) is 41.4 Å². The first kappa shape index (κ1) is 9.09. The van der Waals surface area contributed by atoms with Gasteiger partial charge in [-0.2, -0.15) is 0 Å². The number of rotatable bonds is 1. The van der Waals surface area contributed by atoms with Crippen LogP contribution < -0.4 is 0 Å². The lowest BCUT2D eigenvalue weighted by Crippen LogP contribution is -1.88. The molecule has 0 bridgehead atoms. The Bertz CT molecular complexity index is 623. The molecule has 3 heteroatoms. The second kappa shape index (κ2) is 3.45. The van der Waals surface area contributed by atoms with Crippen LogP contribution in [0.5, 0.6) is 0 Å². The van der Waals surface area contributed by atoms with Crippen molar-refractivity contribution in [1.29, 1.82) is 0 Å². The molecule has 0 aliphatic heterocycles. The van der Waals surface area contributed by atoms with Gasteiger partial charge in [-0.05, 0) is 19.1 Å². The molecule has 0 atom stereocenters. The van der Waals surface area contributed by atoms with Crippen LogP contribution in [0.1, 0.15) is 5.56 Å². The third-order valence-electron chi connectivity index (χ3n) is 2.62. The fraction of sp³-hybridized carbons (Fsp3) is 0.0769. The van der Waals surface area contributed by atoms with Crippen molar-refractivity contribution in [3.05, 3.63) is 54.2 Å². The Morgan fingerprint density at radius 3 is 2.56 bits per heavy atom. The first-order chi connectivity index (χ1) is 7.84. The van der Waals surface area contributed by atoms with Crippen LogP contribution in [0, 0.1) is 6.92 Å². The van der Waals surface area contributed by atoms with E-state index in [4.69, 9.17) is 0 Å². The lowest BCUT2D eigenvalue weighted by Gasteiger charge is -1.99. The summed E-state index contributed by atoms with van der Waals surface area (Å²) in [5, 5.41) is 8.34. The number of fused-ring (bicyclic) bond motifs is 1. The molecule has 0 aliphatic rings. The van der Waals surface area contributed by atoms with Gasteiger partial charge in [0.2, 0.25) is 0 Å². The van der Waals surface area contributed by atoms with E-state index in [1.54, 1.807) is 0 Å². The summed E-state index contributed by atoms with van der Waals surface area (Å²) in [6, 6.07) is 14.2. The van der Waals surface area contributed by atoms with Gasteiger partial charge in [0.1, 0.15) is 0 Å². The first-order valence-corrected chi connectivity index (χ1v) is 5.21. The molecule has 0 N–H and O–H groups in total. The Morgan fingerprint density at radius 1 is 0.938 bits per heavy atom. The molecule has 0 unspecified atom stereocenters. The van der Waals surface area contributed by atoms with E-state index in [1.165, 1.54) is 5.56 Å². The number of hydrogen-bond acceptors (Lipinski definition) is 2. The van der Waals surface area contributed by atoms with Gasteiger partial charge < -0.3 is 0 Å². The highest BCUT2D eigenvalue weighted by Gasteiger charge is 2.05. The number of benzene rings is 1. The standard InChI is InChI=1S/C13H11N3/c1-10-5-7-11(8-6-10)13-15-14-12-4-2-3-9-16(12)13/h2-9H,1H3. The van der Waals surface area contributed by atoms with Gasteiger partial charge in [-0.1, -0.05) is 35.9 Å². The second-order valence-electron chi connectivity index (χ2n) is 3.82. The zero-order valence-electron chi connectivity index (χ0n) is 8.96. The lowest BCUT2D eigenvalue weighted by atomic mass is 10.1. The van der Waals surface area contributed by atoms with E-state index < -0.39 is 0 Å². The Kier molecular flexibility index (Phi) is 1.96. The molecule has 78 valence electrons. The molecule has 3 rings (SSSR count). The Morgan fingerprint density at radius 2 is 1.75 bits per heavy atom. The molecule has 0 saturated carbocycles. The van der Waals surface area contributed by atoms with E-state index in [0.29, 0.717) is 0 Å². The maximum atomic E-state index is 4.21. The van der Waals surface area contributed by atoms with E-state index in [0.717, 1.165) is 17.0 Å². The van der Waals surface area contributed by atoms with Crippen LogP contribution in [-0.4, -0.2) is 14.6 Å². The van der Waals surface area contributed by atoms with Crippen molar-refractivity contribution in [3.63, 3.8) is 0 Å². The molecule has 0 saturated heterocycles. The Hall–Kier alpha value is -2.16. The van der Waals surface area contributed by atoms with Gasteiger partial charge in [0.15, 0.2) is 11.5 Å². The number of nitrogens with zero attached hydrogens (tertiary/aromatic N) is 3. The highest BCUT2D eigenvalue weighted by Crippen LogP contribution is 2.18. The lowest BCUT2D eigenvalue weighted by molar-refractivity contribution is 1.11. The summed E-state index contributed by atoms with van der Waals surface area (Å²) < 4.78 is 1.99. The minimum Gasteiger partial charge on any atom is -0.282 e. The molecular formula is C13H11N3. The van der Waals surface area contributed by atoms with Crippen LogP contribution in [0.25, 0.3) is 17.0 Å². The quantitative estimate of drug-likeness (QED) is 0.616. The van der Waals surface area contributed by atoms with Crippen LogP contribution in [-0.2, 0) is 0 Å². The summed E-state index contributed by atoms with van der Waals surface area (Å²) >= 11 is 0. The summed E-state index contributed by atoms with van der Waals surface area (Å²) in [4.78, 5) is 0. The summed E-state index contributed by atoms with van der Waals surface area (Å²) in [5.74, 6) is 0.885. The summed E-state index contributed by atoms with van der Waals surface area (Å²) in [6.45, 7) is 2.08. The minimum atomic E-state index is 0.873. The largest absolute Gasteiger partial charge is 0.282 e. The second-order valence-corrected chi connectivity index (χ2v) is 3.82. The highest BCUT2D eigenvalue weighted by molar-refractivity contribution is 5.59. The molecule has 0 fully saturated rings. The van der Waals surface area contributed by atoms with Crippen molar-refractivity contribution in [2.75, 3.05) is 0 Å². The predicted octanol–water partition coefficient (Wildman–Crippen LogP) is 2.70. The molecule has 2 aromatic heterocycles. The third-order valence-corrected chi connectivity index (χ3v) is 2.62. The van der Waals surface area contributed by atoms with Gasteiger partial charge in [-0.3, -0.25) is 4.40 Å². The molecule has 0 radical (unpaired) electrons. The fourth-order valence-corrected chi connectivity index (χ4v) is 1.74. The maximum absolute atomic E-state index is 4.21. The molecule has 16 heavy (non-hydrogen) atoms. The van der Waals surface area contributed by atoms with E-state index in [-0.39, 0.29) is 0 Å². The van der Waals surface area contributed by atoms with Crippen LogP contribution in [0.15, 0.2) is 48.7 Å². The van der Waals surface area contributed by atoms with Crippen molar-refractivity contribution in [2.45, 2.75) is 6.92 Å². The summed E-state index contributed by atoms with van der Waals surface area (Å²) in [5.41, 5.74) is 3.21. The van der Waals surface area contributed by atoms with Crippen LogP contribution in [0.2, 0.25) is 0 Å². The van der Waals surface area contributed by atoms with Gasteiger partial charge in [-0.25, -0.2) is 0 Å². The molecule has 2 heterocycles. The van der Waals surface area contributed by atoms with Crippen molar-refractivity contribution in [1.82, 2.24) is 14.6 Å². The van der Waals surface area contributed by atoms with Crippen LogP contribution in [0.4, 0.5) is 0 Å². The number of aromatic nitrogens is 3. The topological polar surface area (TPSA) is 30.2 Å². The number of aryl methyl sites for hydroxylation is 1. The van der Waals surface area contributed by atoms with Crippen molar-refractivity contribution in [2.24, 2.45) is 0 Å². The number of pyridine rings is 1. The molecule has 3 nitrogen and oxygen atoms in total. The molecule has 0 aliphatic carbocycles. The highest BCUT2D eigenvalue weighted by atomic mass is 15.2. The molecule has 1 aromatic carbocycles. The smallest absolute Gasteiger partial charge is 0.168 e. The van der Waals surface area contributed by atoms with Gasteiger partial charge in [0.25, 0.3) is 0 Å².